The van der Waals surface area contributed by atoms with Crippen molar-refractivity contribution in [2.75, 3.05) is 0 Å². The van der Waals surface area contributed by atoms with Crippen molar-refractivity contribution in [1.82, 2.24) is 0 Å². The first kappa shape index (κ1) is 15.4. The molecule has 5 rings (SSSR count). The van der Waals surface area contributed by atoms with E-state index in [-0.39, 0.29) is 6.10 Å². The van der Waals surface area contributed by atoms with Crippen molar-refractivity contribution in [3.05, 3.63) is 66.7 Å². The van der Waals surface area contributed by atoms with Gasteiger partial charge in [-0.2, -0.15) is 0 Å². The molecule has 2 heteroatoms. The number of carbonyl (C=O) groups excluding carboxylic acids is 1. The van der Waals surface area contributed by atoms with Crippen LogP contribution in [0.25, 0.3) is 32.3 Å². The molecule has 0 bridgehead atoms. The predicted molar refractivity (Wildman–Crippen MR) is 107 cm³/mol. The summed E-state index contributed by atoms with van der Waals surface area (Å²) in [4.78, 5) is 11.5. The highest BCUT2D eigenvalue weighted by molar-refractivity contribution is 6.06. The summed E-state index contributed by atoms with van der Waals surface area (Å²) in [5, 5.41) is 7.33. The molecule has 1 fully saturated rings. The van der Waals surface area contributed by atoms with E-state index >= 15 is 0 Å². The minimum atomic E-state index is 0.144. The van der Waals surface area contributed by atoms with Crippen molar-refractivity contribution >= 4 is 38.1 Å². The first-order valence-corrected chi connectivity index (χ1v) is 9.30. The van der Waals surface area contributed by atoms with Crippen molar-refractivity contribution in [3.8, 4) is 5.75 Å². The lowest BCUT2D eigenvalue weighted by atomic mass is 9.96. The number of rotatable bonds is 2. The number of hydrogen-bond acceptors (Lipinski definition) is 2. The van der Waals surface area contributed by atoms with Crippen LogP contribution >= 0.6 is 0 Å². The summed E-state index contributed by atoms with van der Waals surface area (Å²) in [7, 11) is 0. The van der Waals surface area contributed by atoms with Crippen LogP contribution in [0.5, 0.6) is 5.75 Å². The zero-order chi connectivity index (χ0) is 17.5. The molecule has 0 atom stereocenters. The van der Waals surface area contributed by atoms with E-state index in [1.807, 2.05) is 6.07 Å². The summed E-state index contributed by atoms with van der Waals surface area (Å²) < 4.78 is 6.30. The fourth-order valence-corrected chi connectivity index (χ4v) is 4.00. The largest absolute Gasteiger partial charge is 0.490 e. The molecule has 128 valence electrons. The van der Waals surface area contributed by atoms with Gasteiger partial charge in [0.25, 0.3) is 0 Å². The Hall–Kier alpha value is -2.87. The van der Waals surface area contributed by atoms with Crippen molar-refractivity contribution in [2.24, 2.45) is 0 Å². The highest BCUT2D eigenvalue weighted by Gasteiger charge is 2.20. The molecular weight excluding hydrogens is 320 g/mol. The van der Waals surface area contributed by atoms with Gasteiger partial charge < -0.3 is 4.74 Å². The number of Topliss-reactive ketones (excluding diaryl/α,β-unsaturated/α-hetero) is 1. The lowest BCUT2D eigenvalue weighted by Crippen LogP contribution is -2.24. The molecule has 2 nitrogen and oxygen atoms in total. The molecule has 0 heterocycles. The Bertz CT molecular complexity index is 1130. The number of hydrogen-bond donors (Lipinski definition) is 0. The first-order chi connectivity index (χ1) is 12.8. The SMILES string of the molecule is O=C1CCC(Oc2cccc3cc4cc5ccccc5cc4cc23)CC1. The molecule has 0 N–H and O–H groups in total. The molecule has 0 unspecified atom stereocenters. The Morgan fingerprint density at radius 1 is 0.692 bits per heavy atom. The van der Waals surface area contributed by atoms with Crippen LogP contribution in [0.15, 0.2) is 66.7 Å². The molecule has 1 saturated carbocycles. The fourth-order valence-electron chi connectivity index (χ4n) is 4.00. The van der Waals surface area contributed by atoms with Gasteiger partial charge in [0.05, 0.1) is 6.10 Å². The molecule has 0 aliphatic heterocycles. The molecule has 1 aliphatic rings. The van der Waals surface area contributed by atoms with E-state index in [0.29, 0.717) is 18.6 Å². The summed E-state index contributed by atoms with van der Waals surface area (Å²) in [6.07, 6.45) is 3.08. The zero-order valence-corrected chi connectivity index (χ0v) is 14.6. The van der Waals surface area contributed by atoms with Crippen LogP contribution in [0.4, 0.5) is 0 Å². The Balaban J connectivity index is 1.61. The van der Waals surface area contributed by atoms with Crippen LogP contribution in [0, 0.1) is 0 Å². The number of fused-ring (bicyclic) bond motifs is 3. The number of carbonyl (C=O) groups is 1. The molecule has 0 amide bonds. The predicted octanol–water partition coefficient (Wildman–Crippen LogP) is 6.04. The maximum atomic E-state index is 11.5. The molecule has 0 saturated heterocycles. The van der Waals surface area contributed by atoms with Gasteiger partial charge in [0.15, 0.2) is 0 Å². The summed E-state index contributed by atoms with van der Waals surface area (Å²) in [6, 6.07) is 23.7. The van der Waals surface area contributed by atoms with Crippen LogP contribution in [0.2, 0.25) is 0 Å². The summed E-state index contributed by atoms with van der Waals surface area (Å²) in [5.41, 5.74) is 0. The van der Waals surface area contributed by atoms with E-state index in [1.165, 1.54) is 26.9 Å². The van der Waals surface area contributed by atoms with Crippen LogP contribution in [0.3, 0.4) is 0 Å². The van der Waals surface area contributed by atoms with Gasteiger partial charge >= 0.3 is 0 Å². The molecule has 4 aromatic rings. The third-order valence-electron chi connectivity index (χ3n) is 5.45. The van der Waals surface area contributed by atoms with Gasteiger partial charge in [-0.25, -0.2) is 0 Å². The van der Waals surface area contributed by atoms with E-state index in [9.17, 15) is 4.79 Å². The van der Waals surface area contributed by atoms with E-state index in [0.717, 1.165) is 24.0 Å². The second-order valence-electron chi connectivity index (χ2n) is 7.23. The van der Waals surface area contributed by atoms with Gasteiger partial charge in [0, 0.05) is 18.2 Å². The molecule has 26 heavy (non-hydrogen) atoms. The van der Waals surface area contributed by atoms with E-state index in [4.69, 9.17) is 4.74 Å². The Kier molecular flexibility index (Phi) is 3.63. The summed E-state index contributed by atoms with van der Waals surface area (Å²) in [6.45, 7) is 0. The van der Waals surface area contributed by atoms with Crippen LogP contribution < -0.4 is 4.74 Å². The van der Waals surface area contributed by atoms with Crippen LogP contribution in [0.1, 0.15) is 25.7 Å². The third kappa shape index (κ3) is 2.72. The number of ketones is 1. The molecular formula is C24H20O2. The van der Waals surface area contributed by atoms with Gasteiger partial charge in [-0.3, -0.25) is 4.79 Å². The minimum absolute atomic E-state index is 0.144. The Labute approximate surface area is 152 Å². The average molecular weight is 340 g/mol. The van der Waals surface area contributed by atoms with Gasteiger partial charge in [0.2, 0.25) is 0 Å². The smallest absolute Gasteiger partial charge is 0.133 e. The standard InChI is InChI=1S/C24H20O2/c25-21-8-10-22(11-9-21)26-24-7-3-6-18-14-19-12-16-4-1-2-5-17(16)13-20(19)15-23(18)24/h1-7,12-15,22H,8-11H2. The normalized spacial score (nSPS) is 15.8. The molecule has 0 radical (unpaired) electrons. The van der Waals surface area contributed by atoms with Gasteiger partial charge in [-0.15, -0.1) is 0 Å². The second-order valence-corrected chi connectivity index (χ2v) is 7.23. The zero-order valence-electron chi connectivity index (χ0n) is 14.6. The number of benzene rings is 4. The van der Waals surface area contributed by atoms with Gasteiger partial charge in [-0.1, -0.05) is 36.4 Å². The number of ether oxygens (including phenoxy) is 1. The second kappa shape index (κ2) is 6.14. The maximum Gasteiger partial charge on any atom is 0.133 e. The lowest BCUT2D eigenvalue weighted by Gasteiger charge is -2.23. The highest BCUT2D eigenvalue weighted by Crippen LogP contribution is 2.33. The van der Waals surface area contributed by atoms with Crippen molar-refractivity contribution < 1.29 is 9.53 Å². The van der Waals surface area contributed by atoms with E-state index < -0.39 is 0 Å². The lowest BCUT2D eigenvalue weighted by molar-refractivity contribution is -0.121. The first-order valence-electron chi connectivity index (χ1n) is 9.30. The van der Waals surface area contributed by atoms with E-state index in [2.05, 4.69) is 60.7 Å². The third-order valence-corrected chi connectivity index (χ3v) is 5.45. The van der Waals surface area contributed by atoms with Crippen LogP contribution in [-0.4, -0.2) is 11.9 Å². The minimum Gasteiger partial charge on any atom is -0.490 e. The van der Waals surface area contributed by atoms with Crippen LogP contribution in [-0.2, 0) is 4.79 Å². The van der Waals surface area contributed by atoms with Gasteiger partial charge in [0.1, 0.15) is 11.5 Å². The fraction of sp³-hybridized carbons (Fsp3) is 0.208. The highest BCUT2D eigenvalue weighted by atomic mass is 16.5. The van der Waals surface area contributed by atoms with Crippen molar-refractivity contribution in [3.63, 3.8) is 0 Å². The summed E-state index contributed by atoms with van der Waals surface area (Å²) >= 11 is 0. The average Bonchev–Trinajstić information content (AvgIpc) is 2.67. The van der Waals surface area contributed by atoms with Gasteiger partial charge in [-0.05, 0) is 70.1 Å². The van der Waals surface area contributed by atoms with Crippen molar-refractivity contribution in [1.29, 1.82) is 0 Å². The van der Waals surface area contributed by atoms with Crippen molar-refractivity contribution in [2.45, 2.75) is 31.8 Å². The maximum absolute atomic E-state index is 11.5. The Morgan fingerprint density at radius 3 is 2.04 bits per heavy atom. The molecule has 1 aliphatic carbocycles. The molecule has 4 aromatic carbocycles. The Morgan fingerprint density at radius 2 is 1.31 bits per heavy atom. The molecule has 0 spiro atoms. The topological polar surface area (TPSA) is 26.3 Å². The van der Waals surface area contributed by atoms with E-state index in [1.54, 1.807) is 0 Å². The summed E-state index contributed by atoms with van der Waals surface area (Å²) in [5.74, 6) is 1.29. The quantitative estimate of drug-likeness (QED) is 0.416. The molecule has 0 aromatic heterocycles. The monoisotopic (exact) mass is 340 g/mol.